The first-order chi connectivity index (χ1) is 5.91. The van der Waals surface area contributed by atoms with Crippen molar-refractivity contribution in [3.8, 4) is 0 Å². The zero-order valence-electron chi connectivity index (χ0n) is 6.06. The standard InChI is InChI=1S/C8H5NO2S/c1-2-7-6(3-5-9-12-7)8(4-1)10-11-8/h1-5H. The molecule has 0 aromatic rings. The molecule has 1 spiro atoms. The van der Waals surface area contributed by atoms with Crippen LogP contribution in [0.4, 0.5) is 0 Å². The second-order valence-electron chi connectivity index (χ2n) is 2.65. The van der Waals surface area contributed by atoms with Gasteiger partial charge in [-0.15, -0.1) is 0 Å². The fourth-order valence-corrected chi connectivity index (χ4v) is 1.96. The monoisotopic (exact) mass is 179 g/mol. The average molecular weight is 179 g/mol. The van der Waals surface area contributed by atoms with Gasteiger partial charge in [-0.1, -0.05) is 6.08 Å². The van der Waals surface area contributed by atoms with Crippen molar-refractivity contribution in [3.05, 3.63) is 34.8 Å². The summed E-state index contributed by atoms with van der Waals surface area (Å²) in [4.78, 5) is 11.0. The SMILES string of the molecule is C1=CC2(OO2)C2=CC=NSC2=C1. The Balaban J connectivity index is 2.13. The van der Waals surface area contributed by atoms with E-state index in [4.69, 9.17) is 9.78 Å². The predicted molar refractivity (Wildman–Crippen MR) is 46.3 cm³/mol. The van der Waals surface area contributed by atoms with Crippen molar-refractivity contribution in [2.75, 3.05) is 0 Å². The number of hydrogen-bond acceptors (Lipinski definition) is 4. The quantitative estimate of drug-likeness (QED) is 0.323. The summed E-state index contributed by atoms with van der Waals surface area (Å²) < 4.78 is 4.06. The van der Waals surface area contributed by atoms with Crippen LogP contribution in [-0.4, -0.2) is 12.0 Å². The topological polar surface area (TPSA) is 37.4 Å². The van der Waals surface area contributed by atoms with Gasteiger partial charge in [0.05, 0.1) is 0 Å². The molecule has 1 aliphatic carbocycles. The summed E-state index contributed by atoms with van der Waals surface area (Å²) in [6.45, 7) is 0. The van der Waals surface area contributed by atoms with Crippen LogP contribution in [0.5, 0.6) is 0 Å². The van der Waals surface area contributed by atoms with Crippen LogP contribution in [0, 0.1) is 0 Å². The highest BCUT2D eigenvalue weighted by atomic mass is 32.2. The number of allylic oxidation sites excluding steroid dienone is 3. The summed E-state index contributed by atoms with van der Waals surface area (Å²) in [5, 5.41) is 0. The molecule has 3 nitrogen and oxygen atoms in total. The lowest BCUT2D eigenvalue weighted by Crippen LogP contribution is -2.15. The summed E-state index contributed by atoms with van der Waals surface area (Å²) in [5.74, 6) is -0.580. The third-order valence-corrected chi connectivity index (χ3v) is 2.70. The highest BCUT2D eigenvalue weighted by molar-refractivity contribution is 8.02. The maximum Gasteiger partial charge on any atom is 0.279 e. The predicted octanol–water partition coefficient (Wildman–Crippen LogP) is 1.76. The molecule has 0 bridgehead atoms. The maximum absolute atomic E-state index is 4.94. The van der Waals surface area contributed by atoms with E-state index in [2.05, 4.69) is 4.40 Å². The van der Waals surface area contributed by atoms with Crippen LogP contribution < -0.4 is 0 Å². The molecule has 3 rings (SSSR count). The zero-order chi connectivity index (χ0) is 8.02. The summed E-state index contributed by atoms with van der Waals surface area (Å²) in [6, 6.07) is 0. The second kappa shape index (κ2) is 2.10. The van der Waals surface area contributed by atoms with Gasteiger partial charge >= 0.3 is 0 Å². The van der Waals surface area contributed by atoms with Crippen LogP contribution in [0.25, 0.3) is 0 Å². The van der Waals surface area contributed by atoms with E-state index in [1.54, 1.807) is 6.21 Å². The molecular formula is C8H5NO2S. The first kappa shape index (κ1) is 6.65. The molecule has 0 aromatic carbocycles. The molecular weight excluding hydrogens is 174 g/mol. The molecule has 0 N–H and O–H groups in total. The molecule has 0 unspecified atom stereocenters. The molecule has 2 aliphatic heterocycles. The van der Waals surface area contributed by atoms with Crippen LogP contribution in [0.15, 0.2) is 39.2 Å². The van der Waals surface area contributed by atoms with Crippen LogP contribution in [-0.2, 0) is 9.78 Å². The van der Waals surface area contributed by atoms with Crippen molar-refractivity contribution in [3.63, 3.8) is 0 Å². The Morgan fingerprint density at radius 2 is 2.25 bits per heavy atom. The summed E-state index contributed by atoms with van der Waals surface area (Å²) >= 11 is 1.44. The van der Waals surface area contributed by atoms with E-state index in [1.165, 1.54) is 11.9 Å². The fourth-order valence-electron chi connectivity index (χ4n) is 1.27. The minimum atomic E-state index is -0.580. The molecule has 0 atom stereocenters. The molecule has 0 amide bonds. The van der Waals surface area contributed by atoms with E-state index in [0.717, 1.165) is 10.5 Å². The number of hydrogen-bond donors (Lipinski definition) is 0. The second-order valence-corrected chi connectivity index (χ2v) is 3.48. The molecule has 0 aromatic heterocycles. The Kier molecular flexibility index (Phi) is 1.16. The molecule has 4 heteroatoms. The highest BCUT2D eigenvalue weighted by Gasteiger charge is 2.52. The summed E-state index contributed by atoms with van der Waals surface area (Å²) in [7, 11) is 0. The first-order valence-electron chi connectivity index (χ1n) is 3.59. The fraction of sp³-hybridized carbons (Fsp3) is 0.125. The molecule has 3 aliphatic rings. The number of nitrogens with zero attached hydrogens (tertiary/aromatic N) is 1. The molecule has 2 heterocycles. The van der Waals surface area contributed by atoms with Gasteiger partial charge in [0, 0.05) is 28.6 Å². The van der Waals surface area contributed by atoms with E-state index < -0.39 is 5.79 Å². The van der Waals surface area contributed by atoms with E-state index in [0.29, 0.717) is 0 Å². The first-order valence-corrected chi connectivity index (χ1v) is 4.36. The average Bonchev–Trinajstić information content (AvgIpc) is 2.87. The van der Waals surface area contributed by atoms with Gasteiger partial charge in [-0.2, -0.15) is 9.78 Å². The summed E-state index contributed by atoms with van der Waals surface area (Å²) in [6.07, 6.45) is 9.49. The zero-order valence-corrected chi connectivity index (χ0v) is 6.88. The van der Waals surface area contributed by atoms with Crippen molar-refractivity contribution in [1.29, 1.82) is 0 Å². The highest BCUT2D eigenvalue weighted by Crippen LogP contribution is 2.48. The lowest BCUT2D eigenvalue weighted by atomic mass is 10.0. The lowest BCUT2D eigenvalue weighted by Gasteiger charge is -2.15. The Hall–Kier alpha value is -0.840. The van der Waals surface area contributed by atoms with Gasteiger partial charge in [0.1, 0.15) is 0 Å². The van der Waals surface area contributed by atoms with Gasteiger partial charge in [-0.05, 0) is 18.2 Å². The molecule has 12 heavy (non-hydrogen) atoms. The van der Waals surface area contributed by atoms with Crippen LogP contribution in [0.3, 0.4) is 0 Å². The number of fused-ring (bicyclic) bond motifs is 2. The van der Waals surface area contributed by atoms with Crippen molar-refractivity contribution in [1.82, 2.24) is 0 Å². The van der Waals surface area contributed by atoms with Crippen LogP contribution >= 0.6 is 11.9 Å². The van der Waals surface area contributed by atoms with E-state index in [9.17, 15) is 0 Å². The largest absolute Gasteiger partial charge is 0.279 e. The van der Waals surface area contributed by atoms with Gasteiger partial charge in [0.2, 0.25) is 0 Å². The van der Waals surface area contributed by atoms with Gasteiger partial charge in [-0.3, -0.25) is 0 Å². The third kappa shape index (κ3) is 0.769. The third-order valence-electron chi connectivity index (χ3n) is 1.92. The van der Waals surface area contributed by atoms with E-state index >= 15 is 0 Å². The molecule has 1 fully saturated rings. The molecule has 60 valence electrons. The van der Waals surface area contributed by atoms with Gasteiger partial charge in [0.25, 0.3) is 5.79 Å². The lowest BCUT2D eigenvalue weighted by molar-refractivity contribution is 0.0850. The normalized spacial score (nSPS) is 28.0. The van der Waals surface area contributed by atoms with Gasteiger partial charge in [0.15, 0.2) is 0 Å². The Bertz CT molecular complexity index is 350. The Morgan fingerprint density at radius 3 is 3.08 bits per heavy atom. The summed E-state index contributed by atoms with van der Waals surface area (Å²) in [5.41, 5.74) is 1.05. The van der Waals surface area contributed by atoms with Crippen molar-refractivity contribution < 1.29 is 9.78 Å². The Labute approximate surface area is 73.5 Å². The van der Waals surface area contributed by atoms with E-state index in [1.807, 2.05) is 24.3 Å². The Morgan fingerprint density at radius 1 is 1.33 bits per heavy atom. The van der Waals surface area contributed by atoms with E-state index in [-0.39, 0.29) is 0 Å². The molecule has 1 saturated heterocycles. The minimum absolute atomic E-state index is 0.580. The van der Waals surface area contributed by atoms with Crippen molar-refractivity contribution in [2.24, 2.45) is 4.40 Å². The van der Waals surface area contributed by atoms with Crippen molar-refractivity contribution in [2.45, 2.75) is 5.79 Å². The smallest absolute Gasteiger partial charge is 0.219 e. The van der Waals surface area contributed by atoms with Crippen LogP contribution in [0.1, 0.15) is 0 Å². The number of rotatable bonds is 0. The van der Waals surface area contributed by atoms with Gasteiger partial charge in [-0.25, -0.2) is 4.40 Å². The van der Waals surface area contributed by atoms with Gasteiger partial charge < -0.3 is 0 Å². The molecule has 0 saturated carbocycles. The maximum atomic E-state index is 4.94. The molecule has 0 radical (unpaired) electrons. The minimum Gasteiger partial charge on any atom is -0.219 e. The van der Waals surface area contributed by atoms with Crippen molar-refractivity contribution >= 4 is 18.2 Å². The van der Waals surface area contributed by atoms with Crippen LogP contribution in [0.2, 0.25) is 0 Å².